The zero-order valence-corrected chi connectivity index (χ0v) is 21.9. The Morgan fingerprint density at radius 2 is 1.78 bits per heavy atom. The first kappa shape index (κ1) is 25.6. The maximum Gasteiger partial charge on any atom is 0.252 e. The first-order chi connectivity index (χ1) is 17.2. The number of likely N-dealkylation sites (tertiary alicyclic amines) is 1. The molecule has 4 rings (SSSR count). The molecule has 0 aliphatic carbocycles. The quantitative estimate of drug-likeness (QED) is 0.521. The Morgan fingerprint density at radius 3 is 2.44 bits per heavy atom. The van der Waals surface area contributed by atoms with Gasteiger partial charge in [0, 0.05) is 55.4 Å². The summed E-state index contributed by atoms with van der Waals surface area (Å²) in [6.45, 7) is 4.68. The molecule has 1 N–H and O–H groups in total. The van der Waals surface area contributed by atoms with E-state index in [2.05, 4.69) is 10.3 Å². The van der Waals surface area contributed by atoms with Gasteiger partial charge in [0.2, 0.25) is 11.9 Å². The van der Waals surface area contributed by atoms with E-state index < -0.39 is 5.54 Å². The van der Waals surface area contributed by atoms with E-state index in [1.54, 1.807) is 38.1 Å². The maximum atomic E-state index is 13.6. The number of benzene rings is 2. The third-order valence-corrected chi connectivity index (χ3v) is 6.70. The molecule has 0 unspecified atom stereocenters. The molecule has 8 heteroatoms. The van der Waals surface area contributed by atoms with Crippen molar-refractivity contribution in [2.45, 2.75) is 38.1 Å². The molecule has 0 radical (unpaired) electrons. The number of aromatic nitrogens is 2. The number of anilines is 1. The SMILES string of the molecule is CN(C)c1ncc(-c2ccc(Cl)cc2)c([C@@H]2CCCN(C(=O)C(C)(C)NC(=O)c3ccccc3)C2)n1. The van der Waals surface area contributed by atoms with Crippen LogP contribution in [0.15, 0.2) is 60.8 Å². The molecule has 0 bridgehead atoms. The molecule has 1 atom stereocenters. The molecule has 1 aliphatic heterocycles. The van der Waals surface area contributed by atoms with Crippen LogP contribution >= 0.6 is 11.6 Å². The van der Waals surface area contributed by atoms with Crippen LogP contribution in [0.25, 0.3) is 11.1 Å². The summed E-state index contributed by atoms with van der Waals surface area (Å²) in [5.74, 6) is 0.294. The molecule has 2 heterocycles. The van der Waals surface area contributed by atoms with Crippen LogP contribution in [0.5, 0.6) is 0 Å². The zero-order chi connectivity index (χ0) is 25.9. The van der Waals surface area contributed by atoms with Gasteiger partial charge in [-0.1, -0.05) is 41.9 Å². The lowest BCUT2D eigenvalue weighted by Crippen LogP contribution is -2.57. The van der Waals surface area contributed by atoms with Gasteiger partial charge in [-0.25, -0.2) is 9.97 Å². The molecule has 1 fully saturated rings. The number of nitrogens with zero attached hydrogens (tertiary/aromatic N) is 4. The zero-order valence-electron chi connectivity index (χ0n) is 21.2. The molecular formula is C28H32ClN5O2. The molecule has 0 saturated carbocycles. The standard InChI is InChI=1S/C28H32ClN5O2/c1-28(2,32-25(35)20-9-6-5-7-10-20)26(36)34-16-8-11-21(18-34)24-23(17-30-27(31-24)33(3)4)19-12-14-22(29)15-13-19/h5-7,9-10,12-15,17,21H,8,11,16,18H2,1-4H3,(H,32,35)/t21-/m1/s1. The molecule has 1 aliphatic rings. The highest BCUT2D eigenvalue weighted by atomic mass is 35.5. The molecule has 1 saturated heterocycles. The van der Waals surface area contributed by atoms with Crippen molar-refractivity contribution >= 4 is 29.4 Å². The molecule has 0 spiro atoms. The Morgan fingerprint density at radius 1 is 1.08 bits per heavy atom. The molecule has 1 aromatic heterocycles. The Hall–Kier alpha value is -3.45. The van der Waals surface area contributed by atoms with Crippen molar-refractivity contribution in [3.05, 3.63) is 77.1 Å². The lowest BCUT2D eigenvalue weighted by molar-refractivity contribution is -0.138. The Labute approximate surface area is 217 Å². The van der Waals surface area contributed by atoms with Crippen LogP contribution in [0.2, 0.25) is 5.02 Å². The fourth-order valence-corrected chi connectivity index (χ4v) is 4.67. The van der Waals surface area contributed by atoms with Crippen molar-refractivity contribution in [2.75, 3.05) is 32.1 Å². The smallest absolute Gasteiger partial charge is 0.252 e. The number of piperidine rings is 1. The van der Waals surface area contributed by atoms with Crippen LogP contribution < -0.4 is 10.2 Å². The second kappa shape index (κ2) is 10.7. The molecule has 2 aromatic carbocycles. The van der Waals surface area contributed by atoms with Gasteiger partial charge in [-0.2, -0.15) is 0 Å². The minimum Gasteiger partial charge on any atom is -0.347 e. The highest BCUT2D eigenvalue weighted by molar-refractivity contribution is 6.30. The Bertz CT molecular complexity index is 1230. The van der Waals surface area contributed by atoms with Gasteiger partial charge in [0.05, 0.1) is 5.69 Å². The van der Waals surface area contributed by atoms with Gasteiger partial charge < -0.3 is 15.1 Å². The van der Waals surface area contributed by atoms with E-state index in [1.807, 2.05) is 60.4 Å². The van der Waals surface area contributed by atoms with Crippen LogP contribution in [-0.4, -0.2) is 59.4 Å². The van der Waals surface area contributed by atoms with E-state index >= 15 is 0 Å². The van der Waals surface area contributed by atoms with Gasteiger partial charge in [0.25, 0.3) is 5.91 Å². The molecule has 2 amide bonds. The summed E-state index contributed by atoms with van der Waals surface area (Å²) in [6.07, 6.45) is 3.61. The summed E-state index contributed by atoms with van der Waals surface area (Å²) in [7, 11) is 3.82. The minimum atomic E-state index is -1.05. The van der Waals surface area contributed by atoms with Gasteiger partial charge in [-0.05, 0) is 56.5 Å². The van der Waals surface area contributed by atoms with Crippen LogP contribution in [0.1, 0.15) is 48.7 Å². The van der Waals surface area contributed by atoms with E-state index in [4.69, 9.17) is 16.6 Å². The van der Waals surface area contributed by atoms with Gasteiger partial charge in [0.15, 0.2) is 0 Å². The predicted octanol–water partition coefficient (Wildman–Crippen LogP) is 4.78. The summed E-state index contributed by atoms with van der Waals surface area (Å²) in [5, 5.41) is 3.58. The van der Waals surface area contributed by atoms with E-state index in [0.29, 0.717) is 29.6 Å². The van der Waals surface area contributed by atoms with Crippen LogP contribution in [0, 0.1) is 0 Å². The summed E-state index contributed by atoms with van der Waals surface area (Å²) < 4.78 is 0. The fourth-order valence-electron chi connectivity index (χ4n) is 4.54. The monoisotopic (exact) mass is 505 g/mol. The molecule has 36 heavy (non-hydrogen) atoms. The number of carbonyl (C=O) groups excluding carboxylic acids is 2. The summed E-state index contributed by atoms with van der Waals surface area (Å²) in [5.41, 5.74) is 2.32. The van der Waals surface area contributed by atoms with Crippen molar-refractivity contribution in [3.63, 3.8) is 0 Å². The summed E-state index contributed by atoms with van der Waals surface area (Å²) in [6, 6.07) is 16.6. The normalized spacial score (nSPS) is 15.9. The Kier molecular flexibility index (Phi) is 7.59. The largest absolute Gasteiger partial charge is 0.347 e. The van der Waals surface area contributed by atoms with Gasteiger partial charge in [0.1, 0.15) is 5.54 Å². The second-order valence-corrected chi connectivity index (χ2v) is 10.3. The number of hydrogen-bond acceptors (Lipinski definition) is 5. The number of nitrogens with one attached hydrogen (secondary N) is 1. The van der Waals surface area contributed by atoms with E-state index in [9.17, 15) is 9.59 Å². The van der Waals surface area contributed by atoms with E-state index in [1.165, 1.54) is 0 Å². The average molecular weight is 506 g/mol. The molecular weight excluding hydrogens is 474 g/mol. The molecule has 188 valence electrons. The second-order valence-electron chi connectivity index (χ2n) is 9.91. The first-order valence-corrected chi connectivity index (χ1v) is 12.5. The fraction of sp³-hybridized carbons (Fsp3) is 0.357. The van der Waals surface area contributed by atoms with Crippen molar-refractivity contribution in [1.82, 2.24) is 20.2 Å². The highest BCUT2D eigenvalue weighted by Crippen LogP contribution is 2.35. The third-order valence-electron chi connectivity index (χ3n) is 6.45. The Balaban J connectivity index is 1.58. The topological polar surface area (TPSA) is 78.4 Å². The highest BCUT2D eigenvalue weighted by Gasteiger charge is 2.37. The van der Waals surface area contributed by atoms with Gasteiger partial charge in [-0.15, -0.1) is 0 Å². The molecule has 3 aromatic rings. The number of carbonyl (C=O) groups is 2. The van der Waals surface area contributed by atoms with Crippen LogP contribution in [0.3, 0.4) is 0 Å². The lowest BCUT2D eigenvalue weighted by Gasteiger charge is -2.38. The number of rotatable bonds is 6. The van der Waals surface area contributed by atoms with Crippen molar-refractivity contribution in [1.29, 1.82) is 0 Å². The maximum absolute atomic E-state index is 13.6. The summed E-state index contributed by atoms with van der Waals surface area (Å²) in [4.78, 5) is 39.5. The van der Waals surface area contributed by atoms with Crippen molar-refractivity contribution in [3.8, 4) is 11.1 Å². The van der Waals surface area contributed by atoms with Crippen molar-refractivity contribution in [2.24, 2.45) is 0 Å². The van der Waals surface area contributed by atoms with Gasteiger partial charge >= 0.3 is 0 Å². The average Bonchev–Trinajstić information content (AvgIpc) is 2.88. The van der Waals surface area contributed by atoms with E-state index in [-0.39, 0.29) is 17.7 Å². The number of amides is 2. The van der Waals surface area contributed by atoms with Crippen LogP contribution in [0.4, 0.5) is 5.95 Å². The van der Waals surface area contributed by atoms with Gasteiger partial charge in [-0.3, -0.25) is 9.59 Å². The number of hydrogen-bond donors (Lipinski definition) is 1. The minimum absolute atomic E-state index is 0.0377. The molecule has 7 nitrogen and oxygen atoms in total. The summed E-state index contributed by atoms with van der Waals surface area (Å²) >= 11 is 6.11. The van der Waals surface area contributed by atoms with Crippen LogP contribution in [-0.2, 0) is 4.79 Å². The number of halogens is 1. The van der Waals surface area contributed by atoms with E-state index in [0.717, 1.165) is 29.7 Å². The first-order valence-electron chi connectivity index (χ1n) is 12.1. The lowest BCUT2D eigenvalue weighted by atomic mass is 9.89. The predicted molar refractivity (Wildman–Crippen MR) is 143 cm³/mol. The van der Waals surface area contributed by atoms with Crippen molar-refractivity contribution < 1.29 is 9.59 Å². The third kappa shape index (κ3) is 5.68.